The highest BCUT2D eigenvalue weighted by Gasteiger charge is 2.13. The number of aliphatic hydroxyl groups excluding tert-OH is 1. The van der Waals surface area contributed by atoms with Crippen LogP contribution >= 0.6 is 0 Å². The predicted octanol–water partition coefficient (Wildman–Crippen LogP) is -0.0656. The van der Waals surface area contributed by atoms with E-state index in [-0.39, 0.29) is 18.0 Å². The summed E-state index contributed by atoms with van der Waals surface area (Å²) in [6.07, 6.45) is 1.53. The summed E-state index contributed by atoms with van der Waals surface area (Å²) in [5.41, 5.74) is 0.634. The van der Waals surface area contributed by atoms with Crippen LogP contribution in [0.25, 0.3) is 0 Å². The van der Waals surface area contributed by atoms with Crippen LogP contribution in [0, 0.1) is 11.8 Å². The van der Waals surface area contributed by atoms with Gasteiger partial charge in [-0.15, -0.1) is 0 Å². The molecular weight excluding hydrogens is 294 g/mol. The molecule has 0 atom stereocenters. The highest BCUT2D eigenvalue weighted by atomic mass is 32.2. The van der Waals surface area contributed by atoms with Crippen molar-refractivity contribution in [1.29, 1.82) is 0 Å². The molecule has 0 saturated heterocycles. The molecule has 0 unspecified atom stereocenters. The van der Waals surface area contributed by atoms with Crippen molar-refractivity contribution in [3.8, 4) is 11.8 Å². The summed E-state index contributed by atoms with van der Waals surface area (Å²) < 4.78 is 31.1. The minimum atomic E-state index is -3.58. The van der Waals surface area contributed by atoms with Crippen LogP contribution in [0.3, 0.4) is 0 Å². The maximum absolute atomic E-state index is 12.0. The molecule has 0 saturated carbocycles. The summed E-state index contributed by atoms with van der Waals surface area (Å²) in [6.45, 7) is -0.0639. The molecule has 0 aliphatic carbocycles. The van der Waals surface area contributed by atoms with Crippen LogP contribution in [-0.4, -0.2) is 36.8 Å². The Morgan fingerprint density at radius 1 is 1.29 bits per heavy atom. The third-order valence-corrected chi connectivity index (χ3v) is 4.00. The third kappa shape index (κ3) is 4.39. The van der Waals surface area contributed by atoms with Crippen molar-refractivity contribution < 1.29 is 18.0 Å². The first-order valence-electron chi connectivity index (χ1n) is 6.06. The quantitative estimate of drug-likeness (QED) is 0.749. The Labute approximate surface area is 122 Å². The van der Waals surface area contributed by atoms with Gasteiger partial charge in [-0.3, -0.25) is 0 Å². The lowest BCUT2D eigenvalue weighted by Gasteiger charge is -2.05. The van der Waals surface area contributed by atoms with Gasteiger partial charge in [-0.1, -0.05) is 17.0 Å². The Kier molecular flexibility index (Phi) is 5.05. The fraction of sp³-hybridized carbons (Fsp3) is 0.231. The SMILES string of the molecule is O=S(=O)(NCCc1ncon1)c1ccc(C#CCO)cc1. The van der Waals surface area contributed by atoms with Gasteiger partial charge in [0, 0.05) is 18.5 Å². The zero-order valence-electron chi connectivity index (χ0n) is 11.0. The summed E-state index contributed by atoms with van der Waals surface area (Å²) in [5.74, 6) is 5.62. The van der Waals surface area contributed by atoms with Gasteiger partial charge < -0.3 is 9.63 Å². The highest BCUT2D eigenvalue weighted by Crippen LogP contribution is 2.09. The second-order valence-electron chi connectivity index (χ2n) is 3.98. The molecule has 7 nitrogen and oxygen atoms in total. The first kappa shape index (κ1) is 15.2. The van der Waals surface area contributed by atoms with E-state index >= 15 is 0 Å². The predicted molar refractivity (Wildman–Crippen MR) is 73.6 cm³/mol. The van der Waals surface area contributed by atoms with E-state index in [1.165, 1.54) is 18.5 Å². The van der Waals surface area contributed by atoms with Crippen molar-refractivity contribution in [2.45, 2.75) is 11.3 Å². The van der Waals surface area contributed by atoms with E-state index < -0.39 is 10.0 Å². The van der Waals surface area contributed by atoms with E-state index in [1.54, 1.807) is 12.1 Å². The Bertz CT molecular complexity index is 728. The molecule has 1 aromatic heterocycles. The van der Waals surface area contributed by atoms with E-state index in [2.05, 4.69) is 31.2 Å². The summed E-state index contributed by atoms with van der Waals surface area (Å²) >= 11 is 0. The smallest absolute Gasteiger partial charge is 0.240 e. The van der Waals surface area contributed by atoms with Gasteiger partial charge in [0.05, 0.1) is 4.90 Å². The Morgan fingerprint density at radius 2 is 2.05 bits per heavy atom. The standard InChI is InChI=1S/C13H13N3O4S/c17-9-1-2-11-3-5-12(6-4-11)21(18,19)15-8-7-13-14-10-20-16-13/h3-6,10,15,17H,7-9H2. The first-order valence-corrected chi connectivity index (χ1v) is 7.55. The number of benzene rings is 1. The molecule has 0 fully saturated rings. The van der Waals surface area contributed by atoms with E-state index in [1.807, 2.05) is 0 Å². The minimum absolute atomic E-state index is 0.144. The number of sulfonamides is 1. The number of rotatable bonds is 5. The van der Waals surface area contributed by atoms with Gasteiger partial charge in [-0.2, -0.15) is 4.98 Å². The second-order valence-corrected chi connectivity index (χ2v) is 5.75. The number of aliphatic hydroxyl groups is 1. The summed E-state index contributed by atoms with van der Waals surface area (Å²) in [6, 6.07) is 6.07. The second kappa shape index (κ2) is 6.99. The monoisotopic (exact) mass is 307 g/mol. The fourth-order valence-electron chi connectivity index (χ4n) is 1.54. The average molecular weight is 307 g/mol. The molecule has 21 heavy (non-hydrogen) atoms. The van der Waals surface area contributed by atoms with Crippen molar-refractivity contribution in [3.63, 3.8) is 0 Å². The van der Waals surface area contributed by atoms with Crippen LogP contribution in [0.1, 0.15) is 11.4 Å². The number of nitrogens with zero attached hydrogens (tertiary/aromatic N) is 2. The highest BCUT2D eigenvalue weighted by molar-refractivity contribution is 7.89. The molecule has 110 valence electrons. The maximum Gasteiger partial charge on any atom is 0.240 e. The summed E-state index contributed by atoms with van der Waals surface area (Å²) in [5, 5.41) is 12.2. The molecule has 2 rings (SSSR count). The van der Waals surface area contributed by atoms with Gasteiger partial charge in [0.1, 0.15) is 6.61 Å². The van der Waals surface area contributed by atoms with Crippen LogP contribution in [0.15, 0.2) is 40.1 Å². The largest absolute Gasteiger partial charge is 0.384 e. The fourth-order valence-corrected chi connectivity index (χ4v) is 2.57. The molecule has 1 aromatic carbocycles. The van der Waals surface area contributed by atoms with E-state index in [9.17, 15) is 8.42 Å². The Hall–Kier alpha value is -2.21. The van der Waals surface area contributed by atoms with Gasteiger partial charge >= 0.3 is 0 Å². The van der Waals surface area contributed by atoms with Crippen LogP contribution in [0.2, 0.25) is 0 Å². The van der Waals surface area contributed by atoms with Crippen molar-refractivity contribution in [2.75, 3.05) is 13.2 Å². The first-order chi connectivity index (χ1) is 10.1. The van der Waals surface area contributed by atoms with Gasteiger partial charge in [-0.25, -0.2) is 13.1 Å². The lowest BCUT2D eigenvalue weighted by molar-refractivity contribution is 0.350. The van der Waals surface area contributed by atoms with Crippen molar-refractivity contribution in [3.05, 3.63) is 42.0 Å². The van der Waals surface area contributed by atoms with Crippen LogP contribution < -0.4 is 4.72 Å². The summed E-state index contributed by atoms with van der Waals surface area (Å²) in [4.78, 5) is 3.94. The van der Waals surface area contributed by atoms with E-state index in [4.69, 9.17) is 5.11 Å². The topological polar surface area (TPSA) is 105 Å². The van der Waals surface area contributed by atoms with Gasteiger partial charge in [0.2, 0.25) is 16.4 Å². The van der Waals surface area contributed by atoms with Gasteiger partial charge in [0.15, 0.2) is 5.82 Å². The molecule has 0 amide bonds. The number of hydrogen-bond acceptors (Lipinski definition) is 6. The zero-order chi connectivity index (χ0) is 15.1. The molecule has 0 aliphatic heterocycles. The summed E-state index contributed by atoms with van der Waals surface area (Å²) in [7, 11) is -3.58. The number of aromatic nitrogens is 2. The van der Waals surface area contributed by atoms with Gasteiger partial charge in [-0.05, 0) is 24.3 Å². The Morgan fingerprint density at radius 3 is 2.67 bits per heavy atom. The third-order valence-electron chi connectivity index (χ3n) is 2.52. The maximum atomic E-state index is 12.0. The molecule has 1 heterocycles. The van der Waals surface area contributed by atoms with Crippen LogP contribution in [-0.2, 0) is 16.4 Å². The molecule has 8 heteroatoms. The molecular formula is C13H13N3O4S. The normalized spacial score (nSPS) is 10.9. The van der Waals surface area contributed by atoms with Crippen molar-refractivity contribution >= 4 is 10.0 Å². The minimum Gasteiger partial charge on any atom is -0.384 e. The van der Waals surface area contributed by atoms with E-state index in [0.29, 0.717) is 17.8 Å². The van der Waals surface area contributed by atoms with Crippen molar-refractivity contribution in [1.82, 2.24) is 14.9 Å². The van der Waals surface area contributed by atoms with Gasteiger partial charge in [0.25, 0.3) is 0 Å². The van der Waals surface area contributed by atoms with Crippen molar-refractivity contribution in [2.24, 2.45) is 0 Å². The molecule has 0 bridgehead atoms. The lowest BCUT2D eigenvalue weighted by atomic mass is 10.2. The average Bonchev–Trinajstić information content (AvgIpc) is 2.98. The molecule has 0 aliphatic rings. The number of hydrogen-bond donors (Lipinski definition) is 2. The zero-order valence-corrected chi connectivity index (χ0v) is 11.8. The molecule has 2 aromatic rings. The molecule has 0 spiro atoms. The van der Waals surface area contributed by atoms with Crippen LogP contribution in [0.4, 0.5) is 0 Å². The van der Waals surface area contributed by atoms with Crippen LogP contribution in [0.5, 0.6) is 0 Å². The molecule has 2 N–H and O–H groups in total. The van der Waals surface area contributed by atoms with E-state index in [0.717, 1.165) is 0 Å². The molecule has 0 radical (unpaired) electrons. The lowest BCUT2D eigenvalue weighted by Crippen LogP contribution is -2.26. The number of nitrogens with one attached hydrogen (secondary N) is 1. The Balaban J connectivity index is 1.98.